The van der Waals surface area contributed by atoms with Crippen molar-refractivity contribution >= 4 is 39.1 Å². The molecule has 26 heavy (non-hydrogen) atoms. The Morgan fingerprint density at radius 3 is 2.38 bits per heavy atom. The summed E-state index contributed by atoms with van der Waals surface area (Å²) < 4.78 is 26.4. The Bertz CT molecular complexity index is 950. The maximum Gasteiger partial charge on any atom is 0.336 e. The van der Waals surface area contributed by atoms with Crippen molar-refractivity contribution in [2.24, 2.45) is 0 Å². The fourth-order valence-corrected chi connectivity index (χ4v) is 5.21. The molecule has 1 aliphatic heterocycles. The van der Waals surface area contributed by atoms with Gasteiger partial charge in [-0.1, -0.05) is 0 Å². The van der Waals surface area contributed by atoms with E-state index in [1.807, 2.05) is 0 Å². The van der Waals surface area contributed by atoms with Gasteiger partial charge in [0.1, 0.15) is 4.21 Å². The van der Waals surface area contributed by atoms with Crippen LogP contribution in [0.5, 0.6) is 0 Å². The molecule has 3 N–H and O–H groups in total. The van der Waals surface area contributed by atoms with Gasteiger partial charge in [0, 0.05) is 44.0 Å². The number of carboxylic acid groups (broad SMARTS) is 1. The summed E-state index contributed by atoms with van der Waals surface area (Å²) in [6.45, 7) is 0.527. The molecule has 2 aromatic heterocycles. The van der Waals surface area contributed by atoms with E-state index in [4.69, 9.17) is 10.8 Å². The molecule has 0 spiro atoms. The standard InChI is InChI=1S/C14H15N5O5S2/c15-12-11(16-1-2-17-12)13(20)18-3-5-19(6-4-18)26(23,24)10-7-9(8-25-10)14(21)22/h1-2,7-8H,3-6H2,(H2,15,17)(H,21,22). The number of nitrogen functional groups attached to an aromatic ring is 1. The Balaban J connectivity index is 1.70. The number of rotatable bonds is 4. The van der Waals surface area contributed by atoms with E-state index in [0.29, 0.717) is 0 Å². The van der Waals surface area contributed by atoms with Crippen LogP contribution in [-0.2, 0) is 10.0 Å². The van der Waals surface area contributed by atoms with Crippen molar-refractivity contribution in [1.82, 2.24) is 19.2 Å². The molecule has 1 fully saturated rings. The molecular weight excluding hydrogens is 382 g/mol. The molecule has 0 unspecified atom stereocenters. The molecule has 0 radical (unpaired) electrons. The van der Waals surface area contributed by atoms with Crippen LogP contribution < -0.4 is 5.73 Å². The number of aromatic carboxylic acids is 1. The molecule has 0 aromatic carbocycles. The summed E-state index contributed by atoms with van der Waals surface area (Å²) in [6, 6.07) is 1.14. The van der Waals surface area contributed by atoms with E-state index >= 15 is 0 Å². The first-order valence-corrected chi connectivity index (χ1v) is 9.80. The highest BCUT2D eigenvalue weighted by molar-refractivity contribution is 7.91. The summed E-state index contributed by atoms with van der Waals surface area (Å²) in [5.74, 6) is -1.57. The third-order valence-electron chi connectivity index (χ3n) is 3.87. The van der Waals surface area contributed by atoms with Crippen LogP contribution in [0.4, 0.5) is 5.82 Å². The number of carbonyl (C=O) groups is 2. The second-order valence-corrected chi connectivity index (χ2v) is 8.52. The molecule has 3 heterocycles. The largest absolute Gasteiger partial charge is 0.478 e. The number of carbonyl (C=O) groups excluding carboxylic acids is 1. The number of carboxylic acids is 1. The van der Waals surface area contributed by atoms with Crippen molar-refractivity contribution in [3.8, 4) is 0 Å². The first-order chi connectivity index (χ1) is 12.3. The van der Waals surface area contributed by atoms with Gasteiger partial charge in [-0.2, -0.15) is 4.31 Å². The lowest BCUT2D eigenvalue weighted by Crippen LogP contribution is -2.50. The number of anilines is 1. The van der Waals surface area contributed by atoms with E-state index in [2.05, 4.69) is 9.97 Å². The monoisotopic (exact) mass is 397 g/mol. The molecule has 138 valence electrons. The number of sulfonamides is 1. The number of aromatic nitrogens is 2. The highest BCUT2D eigenvalue weighted by Crippen LogP contribution is 2.25. The van der Waals surface area contributed by atoms with Crippen LogP contribution in [0.15, 0.2) is 28.0 Å². The van der Waals surface area contributed by atoms with Crippen molar-refractivity contribution in [3.63, 3.8) is 0 Å². The minimum absolute atomic E-state index is 0.0207. The number of nitrogens with two attached hydrogens (primary N) is 1. The first kappa shape index (κ1) is 18.2. The summed E-state index contributed by atoms with van der Waals surface area (Å²) in [4.78, 5) is 32.6. The maximum atomic E-state index is 12.6. The molecule has 0 saturated carbocycles. The Hall–Kier alpha value is -2.57. The lowest BCUT2D eigenvalue weighted by molar-refractivity contribution is 0.0685. The zero-order chi connectivity index (χ0) is 18.9. The van der Waals surface area contributed by atoms with Gasteiger partial charge in [0.25, 0.3) is 15.9 Å². The molecule has 12 heteroatoms. The van der Waals surface area contributed by atoms with Crippen molar-refractivity contribution < 1.29 is 23.1 Å². The Kier molecular flexibility index (Phi) is 4.89. The van der Waals surface area contributed by atoms with Crippen LogP contribution in [0.3, 0.4) is 0 Å². The Labute approximate surface area is 152 Å². The summed E-state index contributed by atoms with van der Waals surface area (Å²) >= 11 is 0.859. The summed E-state index contributed by atoms with van der Waals surface area (Å²) in [7, 11) is -3.80. The second-order valence-electron chi connectivity index (χ2n) is 5.45. The van der Waals surface area contributed by atoms with E-state index in [1.165, 1.54) is 27.0 Å². The van der Waals surface area contributed by atoms with E-state index < -0.39 is 21.9 Å². The highest BCUT2D eigenvalue weighted by atomic mass is 32.2. The summed E-state index contributed by atoms with van der Waals surface area (Å²) in [6.07, 6.45) is 2.74. The van der Waals surface area contributed by atoms with E-state index in [0.717, 1.165) is 17.4 Å². The van der Waals surface area contributed by atoms with E-state index in [-0.39, 0.29) is 47.5 Å². The first-order valence-electron chi connectivity index (χ1n) is 7.48. The van der Waals surface area contributed by atoms with E-state index in [9.17, 15) is 18.0 Å². The van der Waals surface area contributed by atoms with Crippen molar-refractivity contribution in [2.75, 3.05) is 31.9 Å². The van der Waals surface area contributed by atoms with Gasteiger partial charge < -0.3 is 15.7 Å². The number of hydrogen-bond acceptors (Lipinski definition) is 8. The molecule has 1 aliphatic rings. The van der Waals surface area contributed by atoms with Crippen LogP contribution in [0, 0.1) is 0 Å². The average Bonchev–Trinajstić information content (AvgIpc) is 3.13. The van der Waals surface area contributed by atoms with Crippen molar-refractivity contribution in [3.05, 3.63) is 35.1 Å². The molecule has 1 saturated heterocycles. The molecule has 0 bridgehead atoms. The SMILES string of the molecule is Nc1nccnc1C(=O)N1CCN(S(=O)(=O)c2cc(C(=O)O)cs2)CC1. The predicted molar refractivity (Wildman–Crippen MR) is 92.4 cm³/mol. The number of thiophene rings is 1. The quantitative estimate of drug-likeness (QED) is 0.731. The number of hydrogen-bond donors (Lipinski definition) is 2. The molecule has 0 aliphatic carbocycles. The van der Waals surface area contributed by atoms with Gasteiger partial charge in [0.2, 0.25) is 0 Å². The third-order valence-corrected chi connectivity index (χ3v) is 7.19. The van der Waals surface area contributed by atoms with Gasteiger partial charge in [0.15, 0.2) is 11.5 Å². The van der Waals surface area contributed by atoms with Crippen LogP contribution >= 0.6 is 11.3 Å². The average molecular weight is 397 g/mol. The van der Waals surface area contributed by atoms with Gasteiger partial charge in [-0.25, -0.2) is 23.2 Å². The Morgan fingerprint density at radius 2 is 1.81 bits per heavy atom. The van der Waals surface area contributed by atoms with Crippen LogP contribution in [-0.4, -0.2) is 70.8 Å². The number of piperazine rings is 1. The Morgan fingerprint density at radius 1 is 1.15 bits per heavy atom. The van der Waals surface area contributed by atoms with E-state index in [1.54, 1.807) is 0 Å². The lowest BCUT2D eigenvalue weighted by atomic mass is 10.3. The van der Waals surface area contributed by atoms with Gasteiger partial charge in [0.05, 0.1) is 5.56 Å². The zero-order valence-corrected chi connectivity index (χ0v) is 15.0. The minimum atomic E-state index is -3.80. The normalized spacial score (nSPS) is 15.8. The van der Waals surface area contributed by atoms with Gasteiger partial charge >= 0.3 is 5.97 Å². The van der Waals surface area contributed by atoms with Crippen LogP contribution in [0.1, 0.15) is 20.8 Å². The maximum absolute atomic E-state index is 12.6. The van der Waals surface area contributed by atoms with Crippen LogP contribution in [0.25, 0.3) is 0 Å². The minimum Gasteiger partial charge on any atom is -0.478 e. The number of amides is 1. The predicted octanol–water partition coefficient (Wildman–Crippen LogP) is -0.0348. The molecule has 0 atom stereocenters. The highest BCUT2D eigenvalue weighted by Gasteiger charge is 2.32. The van der Waals surface area contributed by atoms with Crippen molar-refractivity contribution in [1.29, 1.82) is 0 Å². The van der Waals surface area contributed by atoms with Gasteiger partial charge in [-0.15, -0.1) is 11.3 Å². The zero-order valence-electron chi connectivity index (χ0n) is 13.4. The van der Waals surface area contributed by atoms with Crippen LogP contribution in [0.2, 0.25) is 0 Å². The molecule has 3 rings (SSSR count). The fraction of sp³-hybridized carbons (Fsp3) is 0.286. The topological polar surface area (TPSA) is 147 Å². The van der Waals surface area contributed by atoms with Crippen molar-refractivity contribution in [2.45, 2.75) is 4.21 Å². The van der Waals surface area contributed by atoms with Gasteiger partial charge in [-0.3, -0.25) is 4.79 Å². The fourth-order valence-electron chi connectivity index (χ4n) is 2.49. The molecule has 10 nitrogen and oxygen atoms in total. The molecule has 1 amide bonds. The second kappa shape index (κ2) is 6.97. The number of nitrogens with zero attached hydrogens (tertiary/aromatic N) is 4. The lowest BCUT2D eigenvalue weighted by Gasteiger charge is -2.33. The molecular formula is C14H15N5O5S2. The summed E-state index contributed by atoms with van der Waals surface area (Å²) in [5, 5.41) is 10.2. The smallest absolute Gasteiger partial charge is 0.336 e. The summed E-state index contributed by atoms with van der Waals surface area (Å²) in [5.41, 5.74) is 5.62. The third kappa shape index (κ3) is 3.38. The van der Waals surface area contributed by atoms with Gasteiger partial charge in [-0.05, 0) is 6.07 Å². The molecule has 2 aromatic rings.